The van der Waals surface area contributed by atoms with Gasteiger partial charge in [-0.1, -0.05) is 6.08 Å². The normalized spacial score (nSPS) is 13.8. The van der Waals surface area contributed by atoms with Gasteiger partial charge >= 0.3 is 18.3 Å². The Morgan fingerprint density at radius 3 is 1.81 bits per heavy atom. The lowest BCUT2D eigenvalue weighted by molar-refractivity contribution is -0.144. The molecule has 21 heavy (non-hydrogen) atoms. The van der Waals surface area contributed by atoms with E-state index in [0.29, 0.717) is 12.1 Å². The van der Waals surface area contributed by atoms with Crippen LogP contribution in [0.3, 0.4) is 0 Å². The maximum atomic E-state index is 12.7. The highest BCUT2D eigenvalue weighted by Gasteiger charge is 2.38. The standard InChI is InChI=1S/C13H10F6O2/c1-2-3-10(11(20)21)7-4-8(12(14,15)16)6-9(5-7)13(17,18)19/h2,4-6,10H,1,3H2,(H,20,21)/t10-/m0/s1. The van der Waals surface area contributed by atoms with Crippen molar-refractivity contribution in [2.45, 2.75) is 24.7 Å². The van der Waals surface area contributed by atoms with Crippen LogP contribution in [0, 0.1) is 0 Å². The molecule has 0 saturated carbocycles. The van der Waals surface area contributed by atoms with Crippen LogP contribution < -0.4 is 0 Å². The molecule has 0 spiro atoms. The number of benzene rings is 1. The monoisotopic (exact) mass is 312 g/mol. The van der Waals surface area contributed by atoms with Gasteiger partial charge in [0.05, 0.1) is 17.0 Å². The first-order chi connectivity index (χ1) is 9.46. The van der Waals surface area contributed by atoms with Crippen LogP contribution in [0.5, 0.6) is 0 Å². The van der Waals surface area contributed by atoms with Gasteiger partial charge in [0.1, 0.15) is 0 Å². The lowest BCUT2D eigenvalue weighted by Gasteiger charge is -2.17. The molecular weight excluding hydrogens is 302 g/mol. The van der Waals surface area contributed by atoms with E-state index in [4.69, 9.17) is 5.11 Å². The summed E-state index contributed by atoms with van der Waals surface area (Å²) in [6.07, 6.45) is -9.18. The van der Waals surface area contributed by atoms with E-state index in [1.165, 1.54) is 0 Å². The average molecular weight is 312 g/mol. The predicted molar refractivity (Wildman–Crippen MR) is 61.6 cm³/mol. The molecule has 0 radical (unpaired) electrons. The first-order valence-electron chi connectivity index (χ1n) is 5.60. The molecule has 1 N–H and O–H groups in total. The fourth-order valence-electron chi connectivity index (χ4n) is 1.73. The minimum Gasteiger partial charge on any atom is -0.481 e. The van der Waals surface area contributed by atoms with Gasteiger partial charge in [-0.15, -0.1) is 6.58 Å². The Morgan fingerprint density at radius 1 is 1.10 bits per heavy atom. The van der Waals surface area contributed by atoms with E-state index in [0.717, 1.165) is 6.08 Å². The van der Waals surface area contributed by atoms with Crippen LogP contribution in [0.2, 0.25) is 0 Å². The van der Waals surface area contributed by atoms with E-state index in [1.807, 2.05) is 0 Å². The molecule has 0 aliphatic carbocycles. The summed E-state index contributed by atoms with van der Waals surface area (Å²) < 4.78 is 75.9. The van der Waals surface area contributed by atoms with Gasteiger partial charge in [-0.05, 0) is 30.2 Å². The van der Waals surface area contributed by atoms with Crippen LogP contribution >= 0.6 is 0 Å². The smallest absolute Gasteiger partial charge is 0.416 e. The summed E-state index contributed by atoms with van der Waals surface area (Å²) in [5, 5.41) is 8.93. The lowest BCUT2D eigenvalue weighted by atomic mass is 9.92. The molecule has 0 amide bonds. The Labute approximate surface area is 115 Å². The van der Waals surface area contributed by atoms with Gasteiger partial charge < -0.3 is 5.11 Å². The van der Waals surface area contributed by atoms with E-state index in [9.17, 15) is 31.1 Å². The zero-order valence-electron chi connectivity index (χ0n) is 10.4. The van der Waals surface area contributed by atoms with E-state index >= 15 is 0 Å². The summed E-state index contributed by atoms with van der Waals surface area (Å²) in [5.41, 5.74) is -3.64. The molecule has 1 atom stereocenters. The topological polar surface area (TPSA) is 37.3 Å². The van der Waals surface area contributed by atoms with Crippen molar-refractivity contribution < 1.29 is 36.2 Å². The fraction of sp³-hybridized carbons (Fsp3) is 0.308. The van der Waals surface area contributed by atoms with Crippen LogP contribution in [0.15, 0.2) is 30.9 Å². The van der Waals surface area contributed by atoms with Crippen molar-refractivity contribution in [1.29, 1.82) is 0 Å². The van der Waals surface area contributed by atoms with Crippen LogP contribution in [0.1, 0.15) is 29.0 Å². The van der Waals surface area contributed by atoms with Crippen molar-refractivity contribution in [1.82, 2.24) is 0 Å². The predicted octanol–water partition coefficient (Wildman–Crippen LogP) is 4.47. The van der Waals surface area contributed by atoms with Gasteiger partial charge in [-0.3, -0.25) is 4.79 Å². The maximum absolute atomic E-state index is 12.7. The number of allylic oxidation sites excluding steroid dienone is 1. The van der Waals surface area contributed by atoms with Gasteiger partial charge in [0.15, 0.2) is 0 Å². The summed E-state index contributed by atoms with van der Waals surface area (Å²) in [7, 11) is 0. The zero-order chi connectivity index (χ0) is 16.4. The minimum atomic E-state index is -5.01. The average Bonchev–Trinajstić information content (AvgIpc) is 2.32. The fourth-order valence-corrected chi connectivity index (χ4v) is 1.73. The summed E-state index contributed by atoms with van der Waals surface area (Å²) in [5.74, 6) is -3.05. The van der Waals surface area contributed by atoms with Gasteiger partial charge in [0.25, 0.3) is 0 Å². The number of carbonyl (C=O) groups is 1. The van der Waals surface area contributed by atoms with Crippen LogP contribution in [-0.4, -0.2) is 11.1 Å². The van der Waals surface area contributed by atoms with Crippen molar-refractivity contribution in [3.8, 4) is 0 Å². The molecule has 1 aromatic rings. The number of hydrogen-bond donors (Lipinski definition) is 1. The second-order valence-corrected chi connectivity index (χ2v) is 4.25. The number of carboxylic acid groups (broad SMARTS) is 1. The molecule has 0 heterocycles. The number of alkyl halides is 6. The highest BCUT2D eigenvalue weighted by Crippen LogP contribution is 2.38. The summed E-state index contributed by atoms with van der Waals surface area (Å²) >= 11 is 0. The van der Waals surface area contributed by atoms with Crippen molar-refractivity contribution in [2.24, 2.45) is 0 Å². The molecule has 0 fully saturated rings. The number of rotatable bonds is 4. The molecule has 0 unspecified atom stereocenters. The first kappa shape index (κ1) is 17.1. The quantitative estimate of drug-likeness (QED) is 0.658. The Bertz CT molecular complexity index is 512. The molecule has 1 aromatic carbocycles. The molecule has 0 aliphatic heterocycles. The van der Waals surface area contributed by atoms with Crippen molar-refractivity contribution in [3.63, 3.8) is 0 Å². The Kier molecular flexibility index (Phi) is 4.70. The maximum Gasteiger partial charge on any atom is 0.416 e. The number of hydrogen-bond acceptors (Lipinski definition) is 1. The largest absolute Gasteiger partial charge is 0.481 e. The second-order valence-electron chi connectivity index (χ2n) is 4.25. The van der Waals surface area contributed by atoms with Crippen molar-refractivity contribution in [3.05, 3.63) is 47.5 Å². The SMILES string of the molecule is C=CC[C@H](C(=O)O)c1cc(C(F)(F)F)cc(C(F)(F)F)c1. The molecule has 116 valence electrons. The van der Waals surface area contributed by atoms with Crippen molar-refractivity contribution >= 4 is 5.97 Å². The first-order valence-corrected chi connectivity index (χ1v) is 5.60. The molecule has 8 heteroatoms. The van der Waals surface area contributed by atoms with Gasteiger partial charge in [-0.25, -0.2) is 0 Å². The van der Waals surface area contributed by atoms with E-state index < -0.39 is 40.9 Å². The minimum absolute atomic E-state index is 0.0453. The third-order valence-corrected chi connectivity index (χ3v) is 2.71. The number of carboxylic acids is 1. The molecule has 1 rings (SSSR count). The lowest BCUT2D eigenvalue weighted by Crippen LogP contribution is -2.16. The Hall–Kier alpha value is -1.99. The molecule has 0 bridgehead atoms. The molecule has 0 aromatic heterocycles. The van der Waals surface area contributed by atoms with E-state index in [1.54, 1.807) is 0 Å². The van der Waals surface area contributed by atoms with Crippen LogP contribution in [-0.2, 0) is 17.1 Å². The number of halogens is 6. The highest BCUT2D eigenvalue weighted by atomic mass is 19.4. The van der Waals surface area contributed by atoms with Gasteiger partial charge in [-0.2, -0.15) is 26.3 Å². The van der Waals surface area contributed by atoms with E-state index in [-0.39, 0.29) is 12.5 Å². The van der Waals surface area contributed by atoms with E-state index in [2.05, 4.69) is 6.58 Å². The van der Waals surface area contributed by atoms with Crippen LogP contribution in [0.4, 0.5) is 26.3 Å². The third kappa shape index (κ3) is 4.24. The summed E-state index contributed by atoms with van der Waals surface area (Å²) in [6, 6.07) is 0.783. The molecule has 2 nitrogen and oxygen atoms in total. The Balaban J connectivity index is 3.50. The molecule has 0 saturated heterocycles. The van der Waals surface area contributed by atoms with Gasteiger partial charge in [0.2, 0.25) is 0 Å². The number of aliphatic carboxylic acids is 1. The second kappa shape index (κ2) is 5.79. The Morgan fingerprint density at radius 2 is 1.52 bits per heavy atom. The third-order valence-electron chi connectivity index (χ3n) is 2.71. The zero-order valence-corrected chi connectivity index (χ0v) is 10.4. The highest BCUT2D eigenvalue weighted by molar-refractivity contribution is 5.76. The van der Waals surface area contributed by atoms with Gasteiger partial charge in [0, 0.05) is 0 Å². The summed E-state index contributed by atoms with van der Waals surface area (Å²) in [4.78, 5) is 11.0. The summed E-state index contributed by atoms with van der Waals surface area (Å²) in [6.45, 7) is 3.24. The van der Waals surface area contributed by atoms with Crippen LogP contribution in [0.25, 0.3) is 0 Å². The molecule has 0 aliphatic rings. The van der Waals surface area contributed by atoms with Crippen molar-refractivity contribution in [2.75, 3.05) is 0 Å². The molecular formula is C13H10F6O2.